The number of amides is 1. The van der Waals surface area contributed by atoms with Gasteiger partial charge in [-0.15, -0.1) is 0 Å². The smallest absolute Gasteiger partial charge is 0.227 e. The maximum absolute atomic E-state index is 11.7. The number of hydrogen-bond donors (Lipinski definition) is 3. The van der Waals surface area contributed by atoms with E-state index < -0.39 is 0 Å². The fourth-order valence-electron chi connectivity index (χ4n) is 2.33. The molecule has 2 fully saturated rings. The number of nitrogens with one attached hydrogen (secondary N) is 1. The minimum atomic E-state index is -0.239. The highest BCUT2D eigenvalue weighted by molar-refractivity contribution is 5.85. The molecule has 0 heterocycles. The molecule has 15 heavy (non-hydrogen) atoms. The van der Waals surface area contributed by atoms with E-state index >= 15 is 0 Å². The van der Waals surface area contributed by atoms with E-state index in [1.807, 2.05) is 0 Å². The van der Waals surface area contributed by atoms with Gasteiger partial charge in [0.05, 0.1) is 11.5 Å². The Labute approximate surface area is 90.2 Å². The molecule has 4 nitrogen and oxygen atoms in total. The van der Waals surface area contributed by atoms with E-state index in [2.05, 4.69) is 5.32 Å². The molecule has 0 radical (unpaired) electrons. The Morgan fingerprint density at radius 2 is 2.20 bits per heavy atom. The van der Waals surface area contributed by atoms with Crippen LogP contribution in [0.4, 0.5) is 0 Å². The molecule has 0 bridgehead atoms. The van der Waals surface area contributed by atoms with Gasteiger partial charge in [-0.3, -0.25) is 4.79 Å². The van der Waals surface area contributed by atoms with Crippen molar-refractivity contribution in [3.63, 3.8) is 0 Å². The summed E-state index contributed by atoms with van der Waals surface area (Å²) in [4.78, 5) is 11.7. The van der Waals surface area contributed by atoms with Gasteiger partial charge in [0.25, 0.3) is 0 Å². The van der Waals surface area contributed by atoms with Gasteiger partial charge in [0, 0.05) is 13.1 Å². The molecule has 2 unspecified atom stereocenters. The number of aliphatic hydroxyl groups is 1. The van der Waals surface area contributed by atoms with Crippen molar-refractivity contribution < 1.29 is 9.90 Å². The molecular weight excluding hydrogens is 192 g/mol. The SMILES string of the molecule is NCC1(C(=O)NCC2CCC(O)C2)CC1. The fraction of sp³-hybridized carbons (Fsp3) is 0.909. The minimum Gasteiger partial charge on any atom is -0.393 e. The highest BCUT2D eigenvalue weighted by Gasteiger charge is 2.48. The van der Waals surface area contributed by atoms with E-state index in [4.69, 9.17) is 5.73 Å². The normalized spacial score (nSPS) is 32.7. The Morgan fingerprint density at radius 3 is 2.67 bits per heavy atom. The lowest BCUT2D eigenvalue weighted by molar-refractivity contribution is -0.126. The van der Waals surface area contributed by atoms with Crippen molar-refractivity contribution in [2.45, 2.75) is 38.2 Å². The lowest BCUT2D eigenvalue weighted by atomic mass is 10.1. The maximum atomic E-state index is 11.7. The van der Waals surface area contributed by atoms with E-state index in [-0.39, 0.29) is 17.4 Å². The zero-order chi connectivity index (χ0) is 10.9. The summed E-state index contributed by atoms with van der Waals surface area (Å²) in [6.07, 6.45) is 4.44. The number of carbonyl (C=O) groups is 1. The van der Waals surface area contributed by atoms with Crippen molar-refractivity contribution in [2.24, 2.45) is 17.1 Å². The van der Waals surface area contributed by atoms with E-state index in [9.17, 15) is 9.90 Å². The van der Waals surface area contributed by atoms with Crippen LogP contribution in [0.3, 0.4) is 0 Å². The largest absolute Gasteiger partial charge is 0.393 e. The average Bonchev–Trinajstić information content (AvgIpc) is 2.93. The molecule has 2 saturated carbocycles. The van der Waals surface area contributed by atoms with Crippen LogP contribution < -0.4 is 11.1 Å². The van der Waals surface area contributed by atoms with Crippen LogP contribution in [0.2, 0.25) is 0 Å². The van der Waals surface area contributed by atoms with Crippen LogP contribution in [0.15, 0.2) is 0 Å². The van der Waals surface area contributed by atoms with Crippen LogP contribution in [0.1, 0.15) is 32.1 Å². The van der Waals surface area contributed by atoms with Gasteiger partial charge in [-0.25, -0.2) is 0 Å². The van der Waals surface area contributed by atoms with Gasteiger partial charge in [0.1, 0.15) is 0 Å². The third-order valence-electron chi connectivity index (χ3n) is 3.79. The molecule has 2 rings (SSSR count). The standard InChI is InChI=1S/C11H20N2O2/c12-7-11(3-4-11)10(15)13-6-8-1-2-9(14)5-8/h8-9,14H,1-7,12H2,(H,13,15). The molecule has 4 heteroatoms. The summed E-state index contributed by atoms with van der Waals surface area (Å²) in [5.74, 6) is 0.573. The molecule has 4 N–H and O–H groups in total. The van der Waals surface area contributed by atoms with Crippen LogP contribution in [0.5, 0.6) is 0 Å². The molecule has 2 atom stereocenters. The maximum Gasteiger partial charge on any atom is 0.227 e. The second-order valence-electron chi connectivity index (χ2n) is 5.03. The number of rotatable bonds is 4. The van der Waals surface area contributed by atoms with Crippen LogP contribution in [0.25, 0.3) is 0 Å². The molecule has 2 aliphatic carbocycles. The molecule has 0 saturated heterocycles. The Kier molecular flexibility index (Phi) is 2.98. The van der Waals surface area contributed by atoms with E-state index in [0.717, 1.165) is 32.1 Å². The summed E-state index contributed by atoms with van der Waals surface area (Å²) in [6.45, 7) is 1.17. The van der Waals surface area contributed by atoms with Crippen molar-refractivity contribution >= 4 is 5.91 Å². The lowest BCUT2D eigenvalue weighted by Crippen LogP contribution is -2.38. The quantitative estimate of drug-likeness (QED) is 0.614. The number of hydrogen-bond acceptors (Lipinski definition) is 3. The predicted molar refractivity (Wildman–Crippen MR) is 57.1 cm³/mol. The molecule has 1 amide bonds. The Hall–Kier alpha value is -0.610. The third kappa shape index (κ3) is 2.32. The second-order valence-corrected chi connectivity index (χ2v) is 5.03. The topological polar surface area (TPSA) is 75.4 Å². The first-order valence-electron chi connectivity index (χ1n) is 5.83. The number of aliphatic hydroxyl groups excluding tert-OH is 1. The summed E-state index contributed by atoms with van der Waals surface area (Å²) in [7, 11) is 0. The van der Waals surface area contributed by atoms with Gasteiger partial charge >= 0.3 is 0 Å². The van der Waals surface area contributed by atoms with Crippen molar-refractivity contribution in [3.8, 4) is 0 Å². The molecule has 0 aromatic heterocycles. The number of carbonyl (C=O) groups excluding carboxylic acids is 1. The van der Waals surface area contributed by atoms with Crippen molar-refractivity contribution in [2.75, 3.05) is 13.1 Å². The zero-order valence-corrected chi connectivity index (χ0v) is 9.04. The first-order chi connectivity index (χ1) is 7.16. The Morgan fingerprint density at radius 1 is 1.47 bits per heavy atom. The second kappa shape index (κ2) is 4.10. The molecule has 0 aromatic carbocycles. The monoisotopic (exact) mass is 212 g/mol. The molecule has 86 valence electrons. The fourth-order valence-corrected chi connectivity index (χ4v) is 2.33. The first-order valence-corrected chi connectivity index (χ1v) is 5.83. The zero-order valence-electron chi connectivity index (χ0n) is 9.04. The van der Waals surface area contributed by atoms with E-state index in [1.54, 1.807) is 0 Å². The van der Waals surface area contributed by atoms with Crippen molar-refractivity contribution in [3.05, 3.63) is 0 Å². The molecule has 0 spiro atoms. The summed E-state index contributed by atoms with van der Waals surface area (Å²) in [5, 5.41) is 12.3. The summed E-state index contributed by atoms with van der Waals surface area (Å²) < 4.78 is 0. The first kappa shape index (κ1) is 10.9. The van der Waals surface area contributed by atoms with Gasteiger partial charge in [-0.1, -0.05) is 0 Å². The van der Waals surface area contributed by atoms with Gasteiger partial charge < -0.3 is 16.2 Å². The summed E-state index contributed by atoms with van der Waals surface area (Å²) in [6, 6.07) is 0. The van der Waals surface area contributed by atoms with Crippen LogP contribution in [0, 0.1) is 11.3 Å². The number of nitrogens with two attached hydrogens (primary N) is 1. The molecule has 0 aromatic rings. The van der Waals surface area contributed by atoms with E-state index in [0.29, 0.717) is 19.0 Å². The van der Waals surface area contributed by atoms with Crippen molar-refractivity contribution in [1.82, 2.24) is 5.32 Å². The minimum absolute atomic E-state index is 0.117. The summed E-state index contributed by atoms with van der Waals surface area (Å²) in [5.41, 5.74) is 5.34. The highest BCUT2D eigenvalue weighted by Crippen LogP contribution is 2.44. The van der Waals surface area contributed by atoms with Crippen LogP contribution in [-0.4, -0.2) is 30.2 Å². The Balaban J connectivity index is 1.72. The molecule has 0 aliphatic heterocycles. The third-order valence-corrected chi connectivity index (χ3v) is 3.79. The van der Waals surface area contributed by atoms with Gasteiger partial charge in [-0.2, -0.15) is 0 Å². The van der Waals surface area contributed by atoms with E-state index in [1.165, 1.54) is 0 Å². The predicted octanol–water partition coefficient (Wildman–Crippen LogP) is 0.00250. The average molecular weight is 212 g/mol. The van der Waals surface area contributed by atoms with Gasteiger partial charge in [0.15, 0.2) is 0 Å². The molecule has 2 aliphatic rings. The van der Waals surface area contributed by atoms with Crippen LogP contribution >= 0.6 is 0 Å². The van der Waals surface area contributed by atoms with Gasteiger partial charge in [-0.05, 0) is 38.0 Å². The highest BCUT2D eigenvalue weighted by atomic mass is 16.3. The lowest BCUT2D eigenvalue weighted by Gasteiger charge is -2.15. The van der Waals surface area contributed by atoms with Gasteiger partial charge in [0.2, 0.25) is 5.91 Å². The van der Waals surface area contributed by atoms with Crippen LogP contribution in [-0.2, 0) is 4.79 Å². The molecular formula is C11H20N2O2. The summed E-state index contributed by atoms with van der Waals surface area (Å²) >= 11 is 0. The Bertz CT molecular complexity index is 251. The van der Waals surface area contributed by atoms with Crippen molar-refractivity contribution in [1.29, 1.82) is 0 Å².